The number of hydrogen-bond donors (Lipinski definition) is 10. The molecule has 2 fully saturated rings. The summed E-state index contributed by atoms with van der Waals surface area (Å²) in [5, 5.41) is 41.8. The first kappa shape index (κ1) is 39.7. The second kappa shape index (κ2) is 14.6. The molecule has 0 spiro atoms. The lowest BCUT2D eigenvalue weighted by molar-refractivity contribution is -0.0505. The minimum Gasteiger partial charge on any atom is -0.387 e. The highest BCUT2D eigenvalue weighted by Gasteiger charge is 2.50. The second-order valence-corrected chi connectivity index (χ2v) is 17.2. The molecule has 2 saturated heterocycles. The molecule has 4 aromatic heterocycles. The molecule has 4 aromatic rings. The van der Waals surface area contributed by atoms with Crippen molar-refractivity contribution < 1.29 is 89.7 Å². The Morgan fingerprint density at radius 1 is 0.585 bits per heavy atom. The highest BCUT2D eigenvalue weighted by molar-refractivity contribution is 7.69. The van der Waals surface area contributed by atoms with Gasteiger partial charge in [0.05, 0.1) is 25.9 Å². The average Bonchev–Trinajstić information content (AvgIpc) is 3.80. The fourth-order valence-electron chi connectivity index (χ4n) is 5.11. The van der Waals surface area contributed by atoms with Gasteiger partial charge in [-0.25, -0.2) is 48.2 Å². The summed E-state index contributed by atoms with van der Waals surface area (Å²) in [5.74, 6) is -0.0284. The number of anilines is 2. The molecule has 0 saturated carbocycles. The summed E-state index contributed by atoms with van der Waals surface area (Å²) in [6.07, 6.45) is -8.58. The number of fused-ring (bicyclic) bond motifs is 2. The number of ether oxygens (including phenoxy) is 2. The first-order valence-electron chi connectivity index (χ1n) is 14.3. The number of imidazole rings is 2. The number of aliphatic hydroxyl groups is 4. The Morgan fingerprint density at radius 2 is 0.943 bits per heavy atom. The molecule has 6 rings (SSSR count). The molecule has 0 amide bonds. The van der Waals surface area contributed by atoms with Crippen LogP contribution in [0.25, 0.3) is 22.3 Å². The maximum Gasteiger partial charge on any atom is 0.490 e. The number of aromatic nitrogens is 8. The normalized spacial score (nSPS) is 30.9. The van der Waals surface area contributed by atoms with Crippen LogP contribution >= 0.6 is 31.3 Å². The summed E-state index contributed by atoms with van der Waals surface area (Å²) in [6, 6.07) is 0. The molecule has 53 heavy (non-hydrogen) atoms. The van der Waals surface area contributed by atoms with Crippen LogP contribution in [0.3, 0.4) is 0 Å². The summed E-state index contributed by atoms with van der Waals surface area (Å²) in [5.41, 5.74) is 11.9. The Kier molecular flexibility index (Phi) is 10.9. The van der Waals surface area contributed by atoms with Crippen molar-refractivity contribution in [1.29, 1.82) is 0 Å². The quantitative estimate of drug-likeness (QED) is 0.0589. The van der Waals surface area contributed by atoms with E-state index in [1.165, 1.54) is 0 Å². The van der Waals surface area contributed by atoms with Crippen molar-refractivity contribution in [2.24, 2.45) is 0 Å². The number of phosphoric acid groups is 4. The number of phosphoric ester groups is 2. The Hall–Kier alpha value is -2.98. The molecule has 2 aliphatic rings. The molecule has 29 nitrogen and oxygen atoms in total. The van der Waals surface area contributed by atoms with Gasteiger partial charge in [-0.2, -0.15) is 12.9 Å². The van der Waals surface area contributed by atoms with Crippen LogP contribution in [0.1, 0.15) is 12.5 Å². The second-order valence-electron chi connectivity index (χ2n) is 11.0. The lowest BCUT2D eigenvalue weighted by atomic mass is 10.1. The Balaban J connectivity index is 1.01. The van der Waals surface area contributed by atoms with Gasteiger partial charge in [-0.3, -0.25) is 18.2 Å². The predicted octanol–water partition coefficient (Wildman–Crippen LogP) is -2.45. The highest BCUT2D eigenvalue weighted by atomic mass is 31.3. The van der Waals surface area contributed by atoms with Gasteiger partial charge in [-0.05, 0) is 0 Å². The van der Waals surface area contributed by atoms with Crippen LogP contribution in [0, 0.1) is 0 Å². The van der Waals surface area contributed by atoms with Gasteiger partial charge in [0.15, 0.2) is 35.4 Å². The Morgan fingerprint density at radius 3 is 1.32 bits per heavy atom. The van der Waals surface area contributed by atoms with E-state index in [-0.39, 0.29) is 34.0 Å². The van der Waals surface area contributed by atoms with Crippen molar-refractivity contribution in [2.45, 2.75) is 49.1 Å². The zero-order valence-corrected chi connectivity index (χ0v) is 29.5. The third kappa shape index (κ3) is 8.48. The number of nitrogen functional groups attached to an aromatic ring is 2. The molecular formula is C20H28N10O19P4. The maximum absolute atomic E-state index is 12.4. The largest absolute Gasteiger partial charge is 0.490 e. The van der Waals surface area contributed by atoms with Gasteiger partial charge >= 0.3 is 31.3 Å². The van der Waals surface area contributed by atoms with E-state index in [2.05, 4.69) is 51.9 Å². The molecule has 0 aliphatic carbocycles. The van der Waals surface area contributed by atoms with Crippen molar-refractivity contribution in [3.63, 3.8) is 0 Å². The monoisotopic (exact) mass is 836 g/mol. The van der Waals surface area contributed by atoms with Gasteiger partial charge < -0.3 is 60.9 Å². The molecule has 6 unspecified atom stereocenters. The standard InChI is InChI=1S/C20H28N10O19P4/c21-15-9-17(25-3-23-15)29(5-27-9)19-13(33)11(31)7(45-19)1-43-50(35,36)47-52(39,40)49-53(41,42)48-51(37,38)44-2-8-12(32)14(34)20(46-8)30-6-28-10-16(22)24-4-26-18(10)30/h3-8,11-14,19-20,31-34H,1-2H2,(H,35,36)(H,37,38)(H,39,40)(H,41,42)(H2,21,23,25)(H2,22,24,26)/t7-,8+,11?,12?,13-,14+,19-,20+. The van der Waals surface area contributed by atoms with Crippen LogP contribution in [-0.2, 0) is 49.7 Å². The third-order valence-corrected chi connectivity index (χ3v) is 13.3. The van der Waals surface area contributed by atoms with Crippen molar-refractivity contribution in [3.8, 4) is 0 Å². The van der Waals surface area contributed by atoms with E-state index in [1.54, 1.807) is 0 Å². The van der Waals surface area contributed by atoms with Crippen LogP contribution in [0.15, 0.2) is 25.3 Å². The van der Waals surface area contributed by atoms with E-state index in [0.717, 1.165) is 34.4 Å². The van der Waals surface area contributed by atoms with Gasteiger partial charge in [0.2, 0.25) is 0 Å². The van der Waals surface area contributed by atoms with Crippen LogP contribution in [0.2, 0.25) is 0 Å². The Bertz CT molecular complexity index is 2040. The van der Waals surface area contributed by atoms with E-state index in [4.69, 9.17) is 20.9 Å². The highest BCUT2D eigenvalue weighted by Crippen LogP contribution is 2.71. The smallest absolute Gasteiger partial charge is 0.387 e. The molecule has 0 aromatic carbocycles. The molecule has 2 aliphatic heterocycles. The average molecular weight is 836 g/mol. The summed E-state index contributed by atoms with van der Waals surface area (Å²) < 4.78 is 83.4. The van der Waals surface area contributed by atoms with Crippen molar-refractivity contribution in [2.75, 3.05) is 24.7 Å². The van der Waals surface area contributed by atoms with Crippen molar-refractivity contribution in [3.05, 3.63) is 25.3 Å². The summed E-state index contributed by atoms with van der Waals surface area (Å²) in [6.45, 7) is -2.22. The van der Waals surface area contributed by atoms with Gasteiger partial charge in [0.1, 0.15) is 60.3 Å². The fraction of sp³-hybridized carbons (Fsp3) is 0.500. The minimum absolute atomic E-state index is 0.0142. The van der Waals surface area contributed by atoms with Gasteiger partial charge in [-0.1, -0.05) is 0 Å². The molecular weight excluding hydrogens is 808 g/mol. The fourth-order valence-corrected chi connectivity index (χ4v) is 10.1. The van der Waals surface area contributed by atoms with Crippen LogP contribution in [0.5, 0.6) is 0 Å². The first-order chi connectivity index (χ1) is 24.7. The number of hydrogen-bond acceptors (Lipinski definition) is 23. The van der Waals surface area contributed by atoms with E-state index in [9.17, 15) is 58.3 Å². The molecule has 6 heterocycles. The molecule has 0 bridgehead atoms. The van der Waals surface area contributed by atoms with Gasteiger partial charge in [0, 0.05) is 0 Å². The van der Waals surface area contributed by atoms with Gasteiger partial charge in [0.25, 0.3) is 0 Å². The van der Waals surface area contributed by atoms with E-state index < -0.39 is 93.6 Å². The first-order valence-corrected chi connectivity index (χ1v) is 20.3. The molecule has 33 heteroatoms. The molecule has 12 atom stereocenters. The van der Waals surface area contributed by atoms with Crippen molar-refractivity contribution >= 4 is 65.3 Å². The zero-order valence-electron chi connectivity index (χ0n) is 25.9. The van der Waals surface area contributed by atoms with Crippen LogP contribution in [0.4, 0.5) is 11.6 Å². The molecule has 12 N–H and O–H groups in total. The van der Waals surface area contributed by atoms with E-state index in [1.807, 2.05) is 0 Å². The maximum atomic E-state index is 12.4. The SMILES string of the molecule is Nc1ncnc2c1ncn2[C@@H]1O[C@H](COP(=O)(O)OP(=O)(O)OP(=O)(O)OP(=O)(O)OC[C@@H]2O[C@H](n3cnc4c(N)ncnc43)[C@@H](O)C2O)C(O)[C@H]1O. The topological polar surface area (TPSA) is 434 Å². The number of aliphatic hydroxyl groups excluding tert-OH is 4. The van der Waals surface area contributed by atoms with Gasteiger partial charge in [-0.15, -0.1) is 0 Å². The van der Waals surface area contributed by atoms with E-state index >= 15 is 0 Å². The number of nitrogens with zero attached hydrogens (tertiary/aromatic N) is 8. The minimum atomic E-state index is -6.19. The molecule has 0 radical (unpaired) electrons. The lowest BCUT2D eigenvalue weighted by Gasteiger charge is -2.21. The van der Waals surface area contributed by atoms with E-state index in [0.29, 0.717) is 0 Å². The van der Waals surface area contributed by atoms with Crippen LogP contribution in [-0.4, -0.2) is 129 Å². The summed E-state index contributed by atoms with van der Waals surface area (Å²) >= 11 is 0. The van der Waals surface area contributed by atoms with Crippen LogP contribution < -0.4 is 11.5 Å². The summed E-state index contributed by atoms with van der Waals surface area (Å²) in [4.78, 5) is 63.0. The number of nitrogens with two attached hydrogens (primary N) is 2. The van der Waals surface area contributed by atoms with Crippen molar-refractivity contribution in [1.82, 2.24) is 39.0 Å². The number of rotatable bonds is 14. The predicted molar refractivity (Wildman–Crippen MR) is 166 cm³/mol. The lowest BCUT2D eigenvalue weighted by Crippen LogP contribution is -2.33. The summed E-state index contributed by atoms with van der Waals surface area (Å²) in [7, 11) is -23.9. The zero-order chi connectivity index (χ0) is 38.7. The molecule has 292 valence electrons. The third-order valence-electron chi connectivity index (χ3n) is 7.42. The Labute approximate surface area is 293 Å².